The van der Waals surface area contributed by atoms with Gasteiger partial charge in [0, 0.05) is 25.7 Å². The molecule has 0 aromatic carbocycles. The molecule has 9 heteroatoms. The third kappa shape index (κ3) is 4.69. The highest BCUT2D eigenvalue weighted by atomic mass is 16.6. The number of nitro groups is 1. The normalized spacial score (nSPS) is 26.4. The zero-order valence-corrected chi connectivity index (χ0v) is 11.9. The fourth-order valence-corrected chi connectivity index (χ4v) is 2.15. The smallest absolute Gasteiger partial charge is 0.307 e. The Balaban J connectivity index is 2.96. The van der Waals surface area contributed by atoms with E-state index in [9.17, 15) is 24.5 Å². The molecule has 0 bridgehead atoms. The van der Waals surface area contributed by atoms with Gasteiger partial charge in [-0.05, 0) is 0 Å². The summed E-state index contributed by atoms with van der Waals surface area (Å²) in [5.41, 5.74) is 0. The van der Waals surface area contributed by atoms with Crippen LogP contribution in [-0.4, -0.2) is 47.7 Å². The molecule has 1 saturated heterocycles. The first kappa shape index (κ1) is 16.9. The van der Waals surface area contributed by atoms with Crippen molar-refractivity contribution >= 4 is 17.9 Å². The minimum absolute atomic E-state index is 0.239. The van der Waals surface area contributed by atoms with Crippen molar-refractivity contribution in [3.8, 4) is 0 Å². The molecule has 9 nitrogen and oxygen atoms in total. The van der Waals surface area contributed by atoms with E-state index in [1.807, 2.05) is 0 Å². The molecular formula is C12H17NO8. The van der Waals surface area contributed by atoms with Crippen LogP contribution in [0.15, 0.2) is 0 Å². The highest BCUT2D eigenvalue weighted by Crippen LogP contribution is 2.29. The molecule has 4 atom stereocenters. The molecule has 118 valence electrons. The summed E-state index contributed by atoms with van der Waals surface area (Å²) in [4.78, 5) is 44.0. The Morgan fingerprint density at radius 1 is 1.43 bits per heavy atom. The molecule has 0 aliphatic carbocycles. The van der Waals surface area contributed by atoms with Gasteiger partial charge in [0.1, 0.15) is 6.61 Å². The summed E-state index contributed by atoms with van der Waals surface area (Å²) in [7, 11) is 0. The van der Waals surface area contributed by atoms with E-state index in [4.69, 9.17) is 14.2 Å². The van der Waals surface area contributed by atoms with E-state index in [1.54, 1.807) is 0 Å². The molecule has 1 rings (SSSR count). The topological polar surface area (TPSA) is 122 Å². The van der Waals surface area contributed by atoms with Crippen LogP contribution in [0.4, 0.5) is 0 Å². The Kier molecular flexibility index (Phi) is 5.62. The lowest BCUT2D eigenvalue weighted by molar-refractivity contribution is -0.531. The molecule has 1 unspecified atom stereocenters. The fourth-order valence-electron chi connectivity index (χ4n) is 2.15. The van der Waals surface area contributed by atoms with Crippen LogP contribution in [0, 0.1) is 16.0 Å². The average molecular weight is 303 g/mol. The first-order chi connectivity index (χ1) is 9.72. The van der Waals surface area contributed by atoms with E-state index >= 15 is 0 Å². The van der Waals surface area contributed by atoms with Crippen molar-refractivity contribution in [3.05, 3.63) is 10.1 Å². The van der Waals surface area contributed by atoms with Gasteiger partial charge in [0.15, 0.2) is 12.2 Å². The van der Waals surface area contributed by atoms with Gasteiger partial charge in [-0.15, -0.1) is 0 Å². The molecule has 1 aliphatic rings. The van der Waals surface area contributed by atoms with Crippen LogP contribution in [-0.2, 0) is 28.6 Å². The quantitative estimate of drug-likeness (QED) is 0.303. The van der Waals surface area contributed by atoms with Crippen LogP contribution < -0.4 is 0 Å². The second-order valence-corrected chi connectivity index (χ2v) is 4.80. The minimum Gasteiger partial charge on any atom is -0.462 e. The lowest BCUT2D eigenvalue weighted by atomic mass is 9.86. The summed E-state index contributed by atoms with van der Waals surface area (Å²) in [6.07, 6.45) is -2.32. The summed E-state index contributed by atoms with van der Waals surface area (Å²) in [6.45, 7) is 3.32. The summed E-state index contributed by atoms with van der Waals surface area (Å²) in [5.74, 6) is -2.76. The maximum absolute atomic E-state index is 11.6. The van der Waals surface area contributed by atoms with Crippen LogP contribution in [0.2, 0.25) is 0 Å². The van der Waals surface area contributed by atoms with Crippen molar-refractivity contribution in [1.29, 1.82) is 0 Å². The highest BCUT2D eigenvalue weighted by Gasteiger charge is 2.47. The molecule has 1 heterocycles. The molecule has 21 heavy (non-hydrogen) atoms. The Hall–Kier alpha value is -2.19. The van der Waals surface area contributed by atoms with E-state index in [1.165, 1.54) is 13.8 Å². The van der Waals surface area contributed by atoms with Gasteiger partial charge in [-0.25, -0.2) is 0 Å². The largest absolute Gasteiger partial charge is 0.462 e. The number of rotatable bonds is 5. The van der Waals surface area contributed by atoms with Crippen LogP contribution in [0.3, 0.4) is 0 Å². The van der Waals surface area contributed by atoms with Crippen molar-refractivity contribution in [2.75, 3.05) is 6.61 Å². The Bertz CT molecular complexity index is 449. The number of ether oxygens (including phenoxy) is 3. The standard InChI is InChI=1S/C12H17NO8/c1-6(13(17)18)9-4-11(16)21-10(5-19-7(2)14)12(9)20-8(3)15/h6,9-10,12H,4-5H2,1-3H3/t6?,9-,10+,12-/m0/s1. The van der Waals surface area contributed by atoms with Gasteiger partial charge in [-0.2, -0.15) is 0 Å². The predicted molar refractivity (Wildman–Crippen MR) is 66.6 cm³/mol. The van der Waals surface area contributed by atoms with Gasteiger partial charge in [-0.1, -0.05) is 0 Å². The molecule has 1 fully saturated rings. The van der Waals surface area contributed by atoms with Gasteiger partial charge in [0.25, 0.3) is 0 Å². The second-order valence-electron chi connectivity index (χ2n) is 4.80. The summed E-state index contributed by atoms with van der Waals surface area (Å²) >= 11 is 0. The predicted octanol–water partition coefficient (Wildman–Crippen LogP) is 0.0781. The van der Waals surface area contributed by atoms with Crippen molar-refractivity contribution in [2.24, 2.45) is 5.92 Å². The fraction of sp³-hybridized carbons (Fsp3) is 0.750. The summed E-state index contributed by atoms with van der Waals surface area (Å²) < 4.78 is 14.8. The molecule has 0 radical (unpaired) electrons. The Morgan fingerprint density at radius 3 is 2.52 bits per heavy atom. The summed E-state index contributed by atoms with van der Waals surface area (Å²) in [5, 5.41) is 10.9. The van der Waals surface area contributed by atoms with E-state index in [-0.39, 0.29) is 13.0 Å². The second kappa shape index (κ2) is 7.00. The van der Waals surface area contributed by atoms with Crippen LogP contribution in [0.25, 0.3) is 0 Å². The van der Waals surface area contributed by atoms with Crippen molar-refractivity contribution < 1.29 is 33.5 Å². The maximum atomic E-state index is 11.6. The SMILES string of the molecule is CC(=O)OC[C@H]1OC(=O)C[C@@H](C(C)[N+](=O)[O-])[C@@H]1OC(C)=O. The number of carbonyl (C=O) groups excluding carboxylic acids is 3. The van der Waals surface area contributed by atoms with Gasteiger partial charge < -0.3 is 14.2 Å². The van der Waals surface area contributed by atoms with E-state index in [0.717, 1.165) is 6.92 Å². The monoisotopic (exact) mass is 303 g/mol. The zero-order valence-electron chi connectivity index (χ0n) is 11.9. The van der Waals surface area contributed by atoms with E-state index in [2.05, 4.69) is 0 Å². The van der Waals surface area contributed by atoms with E-state index in [0.29, 0.717) is 0 Å². The third-order valence-corrected chi connectivity index (χ3v) is 3.18. The molecule has 0 aromatic rings. The number of hydrogen-bond acceptors (Lipinski definition) is 8. The van der Waals surface area contributed by atoms with Crippen LogP contribution >= 0.6 is 0 Å². The zero-order chi connectivity index (χ0) is 16.2. The number of esters is 3. The van der Waals surface area contributed by atoms with Gasteiger partial charge in [0.05, 0.1) is 12.3 Å². The van der Waals surface area contributed by atoms with Gasteiger partial charge in [0.2, 0.25) is 6.04 Å². The van der Waals surface area contributed by atoms with Crippen LogP contribution in [0.5, 0.6) is 0 Å². The molecule has 0 spiro atoms. The van der Waals surface area contributed by atoms with Crippen molar-refractivity contribution in [2.45, 2.75) is 45.4 Å². The van der Waals surface area contributed by atoms with Crippen molar-refractivity contribution in [1.82, 2.24) is 0 Å². The Labute approximate surface area is 120 Å². The molecular weight excluding hydrogens is 286 g/mol. The third-order valence-electron chi connectivity index (χ3n) is 3.18. The van der Waals surface area contributed by atoms with Crippen molar-refractivity contribution in [3.63, 3.8) is 0 Å². The first-order valence-electron chi connectivity index (χ1n) is 6.36. The lowest BCUT2D eigenvalue weighted by Crippen LogP contribution is -2.52. The molecule has 0 aromatic heterocycles. The van der Waals surface area contributed by atoms with Gasteiger partial charge >= 0.3 is 17.9 Å². The molecule has 0 saturated carbocycles. The molecule has 0 N–H and O–H groups in total. The number of carbonyl (C=O) groups is 3. The first-order valence-corrected chi connectivity index (χ1v) is 6.36. The summed E-state index contributed by atoms with van der Waals surface area (Å²) in [6, 6.07) is -1.11. The number of cyclic esters (lactones) is 1. The number of hydrogen-bond donors (Lipinski definition) is 0. The number of nitrogens with zero attached hydrogens (tertiary/aromatic N) is 1. The van der Waals surface area contributed by atoms with E-state index < -0.39 is 47.0 Å². The average Bonchev–Trinajstić information content (AvgIpc) is 2.36. The molecule has 1 aliphatic heterocycles. The Morgan fingerprint density at radius 2 is 2.05 bits per heavy atom. The molecule has 0 amide bonds. The minimum atomic E-state index is -1.11. The lowest BCUT2D eigenvalue weighted by Gasteiger charge is -2.36. The maximum Gasteiger partial charge on any atom is 0.307 e. The van der Waals surface area contributed by atoms with Crippen LogP contribution in [0.1, 0.15) is 27.2 Å². The highest BCUT2D eigenvalue weighted by molar-refractivity contribution is 5.72. The van der Waals surface area contributed by atoms with Gasteiger partial charge in [-0.3, -0.25) is 24.5 Å².